The zero-order valence-corrected chi connectivity index (χ0v) is 20.4. The summed E-state index contributed by atoms with van der Waals surface area (Å²) in [5, 5.41) is 3.34. The van der Waals surface area contributed by atoms with Crippen molar-refractivity contribution in [1.29, 1.82) is 0 Å². The molecule has 0 aliphatic carbocycles. The number of likely N-dealkylation sites (tertiary alicyclic amines) is 1. The smallest absolute Gasteiger partial charge is 0.243 e. The molecule has 0 unspecified atom stereocenters. The lowest BCUT2D eigenvalue weighted by Crippen LogP contribution is -2.56. The Bertz CT molecular complexity index is 869. The van der Waals surface area contributed by atoms with Gasteiger partial charge in [-0.05, 0) is 50.8 Å². The van der Waals surface area contributed by atoms with E-state index in [0.717, 1.165) is 70.5 Å². The van der Waals surface area contributed by atoms with Gasteiger partial charge in [-0.1, -0.05) is 0 Å². The molecule has 0 radical (unpaired) electrons. The summed E-state index contributed by atoms with van der Waals surface area (Å²) >= 11 is 0. The van der Waals surface area contributed by atoms with Crippen LogP contribution < -0.4 is 10.1 Å². The summed E-state index contributed by atoms with van der Waals surface area (Å²) < 4.78 is 10.7. The van der Waals surface area contributed by atoms with E-state index in [4.69, 9.17) is 9.47 Å². The van der Waals surface area contributed by atoms with E-state index in [1.54, 1.807) is 13.3 Å². The highest BCUT2D eigenvalue weighted by Gasteiger charge is 2.49. The maximum absolute atomic E-state index is 13.4. The van der Waals surface area contributed by atoms with Crippen molar-refractivity contribution in [2.75, 3.05) is 47.0 Å². The van der Waals surface area contributed by atoms with Gasteiger partial charge in [0, 0.05) is 63.7 Å². The molecule has 1 N–H and O–H groups in total. The summed E-state index contributed by atoms with van der Waals surface area (Å²) in [4.78, 5) is 37.5. The topological polar surface area (TPSA) is 87.2 Å². The molecular formula is C25H37N5O4. The van der Waals surface area contributed by atoms with Crippen molar-refractivity contribution in [1.82, 2.24) is 25.0 Å². The number of aromatic nitrogens is 1. The number of pyridine rings is 1. The Hall–Kier alpha value is -2.23. The van der Waals surface area contributed by atoms with Crippen molar-refractivity contribution >= 4 is 11.8 Å². The van der Waals surface area contributed by atoms with E-state index >= 15 is 0 Å². The number of rotatable bonds is 5. The molecule has 2 amide bonds. The number of hydrogen-bond acceptors (Lipinski definition) is 7. The van der Waals surface area contributed by atoms with E-state index in [-0.39, 0.29) is 23.9 Å². The van der Waals surface area contributed by atoms with Crippen LogP contribution >= 0.6 is 0 Å². The molecule has 9 nitrogen and oxygen atoms in total. The second-order valence-corrected chi connectivity index (χ2v) is 10.4. The zero-order chi connectivity index (χ0) is 23.7. The largest absolute Gasteiger partial charge is 0.481 e. The monoisotopic (exact) mass is 471 g/mol. The van der Waals surface area contributed by atoms with Crippen molar-refractivity contribution in [2.45, 2.75) is 68.7 Å². The summed E-state index contributed by atoms with van der Waals surface area (Å²) in [7, 11) is 3.77. The van der Waals surface area contributed by atoms with Gasteiger partial charge in [0.2, 0.25) is 17.7 Å². The lowest BCUT2D eigenvalue weighted by atomic mass is 9.84. The number of likely N-dealkylation sites (N-methyl/N-ethyl adjacent to an activating group) is 1. The molecule has 4 saturated heterocycles. The minimum atomic E-state index is -0.424. The van der Waals surface area contributed by atoms with E-state index < -0.39 is 5.54 Å². The lowest BCUT2D eigenvalue weighted by Gasteiger charge is -2.41. The summed E-state index contributed by atoms with van der Waals surface area (Å²) in [5.74, 6) is 0.772. The second kappa shape index (κ2) is 9.79. The van der Waals surface area contributed by atoms with Crippen LogP contribution in [0.5, 0.6) is 5.88 Å². The maximum atomic E-state index is 13.4. The van der Waals surface area contributed by atoms with E-state index in [1.807, 2.05) is 17.0 Å². The van der Waals surface area contributed by atoms with Gasteiger partial charge in [-0.3, -0.25) is 19.4 Å². The molecule has 0 saturated carbocycles. The molecule has 1 aromatic heterocycles. The van der Waals surface area contributed by atoms with Crippen molar-refractivity contribution in [3.8, 4) is 5.88 Å². The Balaban J connectivity index is 1.19. The number of fused-ring (bicyclic) bond motifs is 1. The number of methoxy groups -OCH3 is 1. The normalized spacial score (nSPS) is 28.1. The number of carbonyl (C=O) groups excluding carboxylic acids is 2. The number of piperidine rings is 1. The highest BCUT2D eigenvalue weighted by molar-refractivity contribution is 5.92. The van der Waals surface area contributed by atoms with Crippen LogP contribution in [-0.4, -0.2) is 102 Å². The van der Waals surface area contributed by atoms with Crippen molar-refractivity contribution in [3.63, 3.8) is 0 Å². The third-order valence-corrected chi connectivity index (χ3v) is 8.35. The van der Waals surface area contributed by atoms with Crippen molar-refractivity contribution in [3.05, 3.63) is 23.9 Å². The van der Waals surface area contributed by atoms with Gasteiger partial charge in [0.05, 0.1) is 19.1 Å². The van der Waals surface area contributed by atoms with Crippen LogP contribution in [0.15, 0.2) is 18.3 Å². The minimum absolute atomic E-state index is 0.0287. The average molecular weight is 472 g/mol. The van der Waals surface area contributed by atoms with Crippen LogP contribution in [0.4, 0.5) is 0 Å². The van der Waals surface area contributed by atoms with Gasteiger partial charge in [0.15, 0.2) is 0 Å². The van der Waals surface area contributed by atoms with Gasteiger partial charge < -0.3 is 19.7 Å². The predicted molar refractivity (Wildman–Crippen MR) is 126 cm³/mol. The van der Waals surface area contributed by atoms with Gasteiger partial charge in [-0.25, -0.2) is 4.98 Å². The molecule has 0 bridgehead atoms. The van der Waals surface area contributed by atoms with Crippen LogP contribution in [0.25, 0.3) is 0 Å². The Morgan fingerprint density at radius 1 is 1.24 bits per heavy atom. The van der Waals surface area contributed by atoms with Gasteiger partial charge in [-0.15, -0.1) is 0 Å². The highest BCUT2D eigenvalue weighted by Crippen LogP contribution is 2.34. The first-order valence-electron chi connectivity index (χ1n) is 12.6. The highest BCUT2D eigenvalue weighted by atomic mass is 16.5. The number of nitrogens with zero attached hydrogens (tertiary/aromatic N) is 4. The molecule has 4 fully saturated rings. The molecular weight excluding hydrogens is 434 g/mol. The lowest BCUT2D eigenvalue weighted by molar-refractivity contribution is -0.135. The predicted octanol–water partition coefficient (Wildman–Crippen LogP) is 1.03. The van der Waals surface area contributed by atoms with Crippen LogP contribution in [0.2, 0.25) is 0 Å². The molecule has 34 heavy (non-hydrogen) atoms. The van der Waals surface area contributed by atoms with E-state index in [0.29, 0.717) is 24.9 Å². The summed E-state index contributed by atoms with van der Waals surface area (Å²) in [6.45, 7) is 4.74. The molecule has 5 rings (SSSR count). The molecule has 4 aliphatic heterocycles. The first kappa shape index (κ1) is 23.5. The molecule has 4 aliphatic rings. The number of ether oxygens (including phenoxy) is 2. The van der Waals surface area contributed by atoms with Crippen LogP contribution in [0, 0.1) is 0 Å². The number of amides is 2. The fraction of sp³-hybridized carbons (Fsp3) is 0.720. The molecule has 0 aromatic carbocycles. The second-order valence-electron chi connectivity index (χ2n) is 10.4. The van der Waals surface area contributed by atoms with Crippen LogP contribution in [0.1, 0.15) is 44.1 Å². The summed E-state index contributed by atoms with van der Waals surface area (Å²) in [6, 6.07) is 4.32. The number of carbonyl (C=O) groups is 2. The molecule has 1 spiro atoms. The van der Waals surface area contributed by atoms with Gasteiger partial charge in [0.25, 0.3) is 0 Å². The average Bonchev–Trinajstić information content (AvgIpc) is 3.28. The maximum Gasteiger partial charge on any atom is 0.243 e. The van der Waals surface area contributed by atoms with E-state index in [9.17, 15) is 9.59 Å². The summed E-state index contributed by atoms with van der Waals surface area (Å²) in [6.07, 6.45) is 6.51. The van der Waals surface area contributed by atoms with Gasteiger partial charge >= 0.3 is 0 Å². The third-order valence-electron chi connectivity index (χ3n) is 8.35. The summed E-state index contributed by atoms with van der Waals surface area (Å²) in [5.41, 5.74) is 0.733. The Kier molecular flexibility index (Phi) is 6.77. The number of nitrogens with one attached hydrogen (secondary N) is 1. The fourth-order valence-electron chi connectivity index (χ4n) is 6.16. The van der Waals surface area contributed by atoms with Crippen molar-refractivity contribution in [2.24, 2.45) is 0 Å². The molecule has 1 aromatic rings. The first-order valence-corrected chi connectivity index (χ1v) is 12.6. The molecule has 2 atom stereocenters. The number of hydrogen-bond donors (Lipinski definition) is 1. The fourth-order valence-corrected chi connectivity index (χ4v) is 6.16. The molecule has 5 heterocycles. The van der Waals surface area contributed by atoms with E-state index in [1.165, 1.54) is 0 Å². The van der Waals surface area contributed by atoms with Crippen molar-refractivity contribution < 1.29 is 19.1 Å². The molecule has 186 valence electrons. The minimum Gasteiger partial charge on any atom is -0.481 e. The van der Waals surface area contributed by atoms with Gasteiger partial charge in [0.1, 0.15) is 6.04 Å². The first-order chi connectivity index (χ1) is 16.5. The quantitative estimate of drug-likeness (QED) is 0.686. The Morgan fingerprint density at radius 3 is 2.74 bits per heavy atom. The van der Waals surface area contributed by atoms with Crippen LogP contribution in [0.3, 0.4) is 0 Å². The third kappa shape index (κ3) is 4.78. The van der Waals surface area contributed by atoms with E-state index in [2.05, 4.69) is 27.1 Å². The Morgan fingerprint density at radius 2 is 2.00 bits per heavy atom. The zero-order valence-electron chi connectivity index (χ0n) is 20.4. The SMILES string of the molecule is COc1cc(CN2CCC3(CC2)CC(=O)N2C[C@@H](N(C)C4CCOCC4)C[C@H]2C(=O)N3)ccn1. The standard InChI is InChI=1S/C25H37N5O4/c1-28(19-4-11-34-12-5-19)20-14-21-24(32)27-25(15-23(31)30(21)17-20)6-9-29(10-7-25)16-18-3-8-26-22(13-18)33-2/h3,8,13,19-21H,4-7,9-12,14-17H2,1-2H3,(H,27,32)/t20-,21-/m0/s1. The van der Waals surface area contributed by atoms with Crippen LogP contribution in [-0.2, 0) is 20.9 Å². The van der Waals surface area contributed by atoms with Gasteiger partial charge in [-0.2, -0.15) is 0 Å². The Labute approximate surface area is 201 Å². The molecule has 9 heteroatoms.